The third-order valence-corrected chi connectivity index (χ3v) is 4.50. The highest BCUT2D eigenvalue weighted by Gasteiger charge is 2.19. The molecule has 4 rings (SSSR count). The van der Waals surface area contributed by atoms with Crippen LogP contribution < -0.4 is 5.73 Å². The topological polar surface area (TPSA) is 103 Å². The van der Waals surface area contributed by atoms with Crippen molar-refractivity contribution in [2.75, 3.05) is 0 Å². The van der Waals surface area contributed by atoms with E-state index in [1.807, 2.05) is 29.1 Å². The van der Waals surface area contributed by atoms with Gasteiger partial charge in [-0.05, 0) is 30.5 Å². The van der Waals surface area contributed by atoms with Gasteiger partial charge in [-0.15, -0.1) is 0 Å². The molecular weight excluding hydrogens is 308 g/mol. The standard InChI is InChI=1S/C17H16N4O3/c18-17(24)13-8-20(9-16(22)23)14-4-3-10(6-11(13)14)12-7-19-21-5-1-2-15(12)21/h3-4,6-8H,1-2,5,9H2,(H2,18,24)(H,22,23). The zero-order valence-corrected chi connectivity index (χ0v) is 12.9. The van der Waals surface area contributed by atoms with E-state index in [0.29, 0.717) is 16.5 Å². The monoisotopic (exact) mass is 324 g/mol. The van der Waals surface area contributed by atoms with Gasteiger partial charge in [-0.3, -0.25) is 14.3 Å². The number of amides is 1. The summed E-state index contributed by atoms with van der Waals surface area (Å²) in [4.78, 5) is 22.8. The van der Waals surface area contributed by atoms with Crippen LogP contribution in [0.3, 0.4) is 0 Å². The largest absolute Gasteiger partial charge is 0.480 e. The summed E-state index contributed by atoms with van der Waals surface area (Å²) in [6.45, 7) is 0.714. The fraction of sp³-hybridized carbons (Fsp3) is 0.235. The molecule has 0 bridgehead atoms. The summed E-state index contributed by atoms with van der Waals surface area (Å²) in [5.74, 6) is -1.54. The summed E-state index contributed by atoms with van der Waals surface area (Å²) >= 11 is 0. The first-order valence-corrected chi connectivity index (χ1v) is 7.74. The van der Waals surface area contributed by atoms with Crippen LogP contribution in [0.2, 0.25) is 0 Å². The normalized spacial score (nSPS) is 13.3. The van der Waals surface area contributed by atoms with Crippen LogP contribution in [-0.2, 0) is 24.3 Å². The molecule has 24 heavy (non-hydrogen) atoms. The number of carboxylic acids is 1. The number of hydrogen-bond donors (Lipinski definition) is 2. The lowest BCUT2D eigenvalue weighted by molar-refractivity contribution is -0.137. The van der Waals surface area contributed by atoms with E-state index < -0.39 is 11.9 Å². The lowest BCUT2D eigenvalue weighted by Gasteiger charge is -2.04. The van der Waals surface area contributed by atoms with Crippen molar-refractivity contribution in [3.05, 3.63) is 41.9 Å². The molecule has 0 unspecified atom stereocenters. The van der Waals surface area contributed by atoms with E-state index in [0.717, 1.165) is 30.5 Å². The summed E-state index contributed by atoms with van der Waals surface area (Å²) in [6.07, 6.45) is 5.41. The summed E-state index contributed by atoms with van der Waals surface area (Å²) < 4.78 is 3.54. The second-order valence-corrected chi connectivity index (χ2v) is 5.99. The van der Waals surface area contributed by atoms with Crippen LogP contribution in [0.5, 0.6) is 0 Å². The fourth-order valence-electron chi connectivity index (χ4n) is 3.44. The van der Waals surface area contributed by atoms with Crippen molar-refractivity contribution >= 4 is 22.8 Å². The van der Waals surface area contributed by atoms with Crippen molar-refractivity contribution in [1.29, 1.82) is 0 Å². The average Bonchev–Trinajstić information content (AvgIpc) is 3.20. The molecule has 0 fully saturated rings. The average molecular weight is 324 g/mol. The highest BCUT2D eigenvalue weighted by atomic mass is 16.4. The van der Waals surface area contributed by atoms with Gasteiger partial charge in [0.15, 0.2) is 0 Å². The number of nitrogens with two attached hydrogens (primary N) is 1. The van der Waals surface area contributed by atoms with E-state index >= 15 is 0 Å². The van der Waals surface area contributed by atoms with E-state index in [1.165, 1.54) is 16.5 Å². The molecule has 3 heterocycles. The number of primary amides is 1. The van der Waals surface area contributed by atoms with Gasteiger partial charge in [0.2, 0.25) is 0 Å². The quantitative estimate of drug-likeness (QED) is 0.761. The molecular formula is C17H16N4O3. The lowest BCUT2D eigenvalue weighted by atomic mass is 10.0. The van der Waals surface area contributed by atoms with Crippen LogP contribution in [-0.4, -0.2) is 31.3 Å². The third kappa shape index (κ3) is 2.17. The van der Waals surface area contributed by atoms with Gasteiger partial charge in [0.1, 0.15) is 6.54 Å². The zero-order valence-electron chi connectivity index (χ0n) is 12.9. The van der Waals surface area contributed by atoms with Crippen LogP contribution in [0.25, 0.3) is 22.0 Å². The van der Waals surface area contributed by atoms with Crippen LogP contribution in [0.1, 0.15) is 22.5 Å². The molecule has 7 heteroatoms. The van der Waals surface area contributed by atoms with Gasteiger partial charge in [-0.1, -0.05) is 6.07 Å². The van der Waals surface area contributed by atoms with Gasteiger partial charge in [0.05, 0.1) is 11.8 Å². The Kier molecular flexibility index (Phi) is 3.16. The summed E-state index contributed by atoms with van der Waals surface area (Å²) in [7, 11) is 0. The van der Waals surface area contributed by atoms with E-state index in [9.17, 15) is 9.59 Å². The number of carbonyl (C=O) groups is 2. The van der Waals surface area contributed by atoms with E-state index in [4.69, 9.17) is 10.8 Å². The highest BCUT2D eigenvalue weighted by Crippen LogP contribution is 2.32. The second-order valence-electron chi connectivity index (χ2n) is 5.99. The SMILES string of the molecule is NC(=O)c1cn(CC(=O)O)c2ccc(-c3cnn4c3CCC4)cc12. The maximum Gasteiger partial charge on any atom is 0.323 e. The minimum atomic E-state index is -0.971. The maximum absolute atomic E-state index is 11.7. The van der Waals surface area contributed by atoms with Crippen molar-refractivity contribution in [3.8, 4) is 11.1 Å². The number of aliphatic carboxylic acids is 1. The van der Waals surface area contributed by atoms with Crippen LogP contribution in [0.15, 0.2) is 30.6 Å². The molecule has 0 spiro atoms. The Morgan fingerprint density at radius 3 is 2.92 bits per heavy atom. The molecule has 1 amide bonds. The number of aromatic nitrogens is 3. The van der Waals surface area contributed by atoms with E-state index in [1.54, 1.807) is 0 Å². The molecule has 0 saturated heterocycles. The van der Waals surface area contributed by atoms with Gasteiger partial charge in [-0.25, -0.2) is 0 Å². The molecule has 0 radical (unpaired) electrons. The molecule has 2 aromatic heterocycles. The zero-order chi connectivity index (χ0) is 16.8. The second kappa shape index (κ2) is 5.23. The first-order valence-electron chi connectivity index (χ1n) is 7.74. The molecule has 0 saturated carbocycles. The van der Waals surface area contributed by atoms with Crippen molar-refractivity contribution in [1.82, 2.24) is 14.3 Å². The van der Waals surface area contributed by atoms with Crippen molar-refractivity contribution in [2.45, 2.75) is 25.9 Å². The van der Waals surface area contributed by atoms with Crippen LogP contribution in [0, 0.1) is 0 Å². The first-order chi connectivity index (χ1) is 11.5. The van der Waals surface area contributed by atoms with E-state index in [2.05, 4.69) is 5.10 Å². The maximum atomic E-state index is 11.7. The highest BCUT2D eigenvalue weighted by molar-refractivity contribution is 6.07. The summed E-state index contributed by atoms with van der Waals surface area (Å²) in [5.41, 5.74) is 9.68. The molecule has 1 aliphatic heterocycles. The van der Waals surface area contributed by atoms with Crippen molar-refractivity contribution in [2.24, 2.45) is 5.73 Å². The van der Waals surface area contributed by atoms with E-state index in [-0.39, 0.29) is 6.54 Å². The Morgan fingerprint density at radius 2 is 2.17 bits per heavy atom. The predicted octanol–water partition coefficient (Wildman–Crippen LogP) is 1.63. The number of hydrogen-bond acceptors (Lipinski definition) is 3. The van der Waals surface area contributed by atoms with Gasteiger partial charge in [0, 0.05) is 34.9 Å². The molecule has 1 aromatic carbocycles. The molecule has 122 valence electrons. The van der Waals surface area contributed by atoms with Gasteiger partial charge < -0.3 is 15.4 Å². The summed E-state index contributed by atoms with van der Waals surface area (Å²) in [5, 5.41) is 14.1. The number of aryl methyl sites for hydroxylation is 1. The van der Waals surface area contributed by atoms with Gasteiger partial charge >= 0.3 is 5.97 Å². The number of carboxylic acid groups (broad SMARTS) is 1. The molecule has 1 aliphatic rings. The molecule has 0 atom stereocenters. The molecule has 0 aliphatic carbocycles. The van der Waals surface area contributed by atoms with Gasteiger partial charge in [-0.2, -0.15) is 5.10 Å². The number of fused-ring (bicyclic) bond motifs is 2. The number of rotatable bonds is 4. The Balaban J connectivity index is 1.89. The van der Waals surface area contributed by atoms with Crippen LogP contribution >= 0.6 is 0 Å². The Hall–Kier alpha value is -3.09. The number of nitrogens with zero attached hydrogens (tertiary/aromatic N) is 3. The molecule has 3 aromatic rings. The van der Waals surface area contributed by atoms with Gasteiger partial charge in [0.25, 0.3) is 5.91 Å². The minimum absolute atomic E-state index is 0.216. The Bertz CT molecular complexity index is 983. The predicted molar refractivity (Wildman–Crippen MR) is 87.6 cm³/mol. The smallest absolute Gasteiger partial charge is 0.323 e. The number of benzene rings is 1. The first kappa shape index (κ1) is 14.5. The van der Waals surface area contributed by atoms with Crippen molar-refractivity contribution in [3.63, 3.8) is 0 Å². The van der Waals surface area contributed by atoms with Crippen molar-refractivity contribution < 1.29 is 14.7 Å². The third-order valence-electron chi connectivity index (χ3n) is 4.50. The molecule has 7 nitrogen and oxygen atoms in total. The summed E-state index contributed by atoms with van der Waals surface area (Å²) in [6, 6.07) is 5.66. The van der Waals surface area contributed by atoms with Crippen LogP contribution in [0.4, 0.5) is 0 Å². The number of carbonyl (C=O) groups excluding carboxylic acids is 1. The minimum Gasteiger partial charge on any atom is -0.480 e. The fourth-order valence-corrected chi connectivity index (χ4v) is 3.44. The lowest BCUT2D eigenvalue weighted by Crippen LogP contribution is -2.11. The Labute approximate surface area is 137 Å². The Morgan fingerprint density at radius 1 is 1.33 bits per heavy atom. The molecule has 3 N–H and O–H groups in total.